The molecule has 3 aromatic rings. The summed E-state index contributed by atoms with van der Waals surface area (Å²) < 4.78 is 0. The van der Waals surface area contributed by atoms with E-state index in [2.05, 4.69) is 64.7 Å². The SMILES string of the molecule is CCCCCNC(=O)N(CCNC(=O)C(CS)CC(C)C)Cc1ccc(-c2ccccc2-c2nnn[nH]2)cc1. The van der Waals surface area contributed by atoms with Gasteiger partial charge in [0.1, 0.15) is 0 Å². The van der Waals surface area contributed by atoms with Gasteiger partial charge in [0.25, 0.3) is 0 Å². The number of carbonyl (C=O) groups is 2. The van der Waals surface area contributed by atoms with Gasteiger partial charge in [-0.3, -0.25) is 4.79 Å². The van der Waals surface area contributed by atoms with E-state index >= 15 is 0 Å². The van der Waals surface area contributed by atoms with Gasteiger partial charge in [-0.2, -0.15) is 12.6 Å². The van der Waals surface area contributed by atoms with E-state index in [0.29, 0.717) is 43.7 Å². The molecule has 3 amide bonds. The largest absolute Gasteiger partial charge is 0.354 e. The van der Waals surface area contributed by atoms with Gasteiger partial charge in [0, 0.05) is 43.4 Å². The number of amides is 3. The van der Waals surface area contributed by atoms with Crippen LogP contribution in [0.4, 0.5) is 4.79 Å². The van der Waals surface area contributed by atoms with Gasteiger partial charge in [-0.05, 0) is 45.9 Å². The molecule has 0 aliphatic heterocycles. The highest BCUT2D eigenvalue weighted by Gasteiger charge is 2.19. The molecule has 0 saturated carbocycles. The zero-order valence-electron chi connectivity index (χ0n) is 23.2. The van der Waals surface area contributed by atoms with Crippen molar-refractivity contribution < 1.29 is 9.59 Å². The molecular formula is C29H41N7O2S. The second-order valence-electron chi connectivity index (χ2n) is 10.2. The number of hydrogen-bond acceptors (Lipinski definition) is 6. The van der Waals surface area contributed by atoms with Crippen LogP contribution in [0, 0.1) is 11.8 Å². The number of carbonyl (C=O) groups excluding carboxylic acids is 2. The van der Waals surface area contributed by atoms with Gasteiger partial charge < -0.3 is 15.5 Å². The fraction of sp³-hybridized carbons (Fsp3) is 0.483. The average molecular weight is 552 g/mol. The van der Waals surface area contributed by atoms with Crippen LogP contribution in [0.5, 0.6) is 0 Å². The third-order valence-corrected chi connectivity index (χ3v) is 6.98. The molecule has 0 aliphatic rings. The zero-order chi connectivity index (χ0) is 28.0. The molecule has 0 aliphatic carbocycles. The van der Waals surface area contributed by atoms with E-state index in [1.54, 1.807) is 4.90 Å². The third kappa shape index (κ3) is 9.38. The second-order valence-corrected chi connectivity index (χ2v) is 10.5. The number of H-pyrrole nitrogens is 1. The molecule has 0 spiro atoms. The summed E-state index contributed by atoms with van der Waals surface area (Å²) in [6.45, 7) is 8.21. The Kier molecular flexibility index (Phi) is 12.3. The quantitative estimate of drug-likeness (QED) is 0.158. The van der Waals surface area contributed by atoms with E-state index in [1.807, 2.05) is 48.5 Å². The summed E-state index contributed by atoms with van der Waals surface area (Å²) in [5.41, 5.74) is 3.95. The molecule has 10 heteroatoms. The molecular weight excluding hydrogens is 510 g/mol. The van der Waals surface area contributed by atoms with Gasteiger partial charge in [0.15, 0.2) is 5.82 Å². The lowest BCUT2D eigenvalue weighted by Gasteiger charge is -2.24. The Morgan fingerprint density at radius 3 is 2.38 bits per heavy atom. The predicted octanol–water partition coefficient (Wildman–Crippen LogP) is 4.94. The van der Waals surface area contributed by atoms with Crippen LogP contribution in [-0.4, -0.2) is 62.8 Å². The molecule has 2 aromatic carbocycles. The van der Waals surface area contributed by atoms with Crippen molar-refractivity contribution in [2.45, 2.75) is 53.0 Å². The van der Waals surface area contributed by atoms with Crippen LogP contribution in [-0.2, 0) is 11.3 Å². The van der Waals surface area contributed by atoms with Crippen LogP contribution in [0.15, 0.2) is 48.5 Å². The molecule has 210 valence electrons. The smallest absolute Gasteiger partial charge is 0.317 e. The van der Waals surface area contributed by atoms with Crippen molar-refractivity contribution in [2.24, 2.45) is 11.8 Å². The van der Waals surface area contributed by atoms with Crippen molar-refractivity contribution in [1.82, 2.24) is 36.2 Å². The van der Waals surface area contributed by atoms with Gasteiger partial charge in [-0.1, -0.05) is 82.1 Å². The Labute approximate surface area is 236 Å². The highest BCUT2D eigenvalue weighted by molar-refractivity contribution is 7.80. The van der Waals surface area contributed by atoms with E-state index in [9.17, 15) is 9.59 Å². The van der Waals surface area contributed by atoms with Crippen LogP contribution in [0.1, 0.15) is 52.0 Å². The number of benzene rings is 2. The number of unbranched alkanes of at least 4 members (excludes halogenated alkanes) is 2. The molecule has 1 atom stereocenters. The monoisotopic (exact) mass is 551 g/mol. The van der Waals surface area contributed by atoms with E-state index in [-0.39, 0.29) is 17.9 Å². The summed E-state index contributed by atoms with van der Waals surface area (Å²) in [6.07, 6.45) is 3.90. The fourth-order valence-electron chi connectivity index (χ4n) is 4.45. The van der Waals surface area contributed by atoms with Gasteiger partial charge >= 0.3 is 6.03 Å². The minimum atomic E-state index is -0.132. The fourth-order valence-corrected chi connectivity index (χ4v) is 4.77. The van der Waals surface area contributed by atoms with Crippen LogP contribution in [0.2, 0.25) is 0 Å². The number of aromatic nitrogens is 4. The molecule has 1 unspecified atom stereocenters. The summed E-state index contributed by atoms with van der Waals surface area (Å²) in [4.78, 5) is 27.5. The molecule has 0 saturated heterocycles. The van der Waals surface area contributed by atoms with Crippen molar-refractivity contribution in [2.75, 3.05) is 25.4 Å². The van der Waals surface area contributed by atoms with E-state index < -0.39 is 0 Å². The number of urea groups is 1. The highest BCUT2D eigenvalue weighted by Crippen LogP contribution is 2.29. The number of hydrogen-bond donors (Lipinski definition) is 4. The van der Waals surface area contributed by atoms with Crippen LogP contribution in [0.3, 0.4) is 0 Å². The van der Waals surface area contributed by atoms with Gasteiger partial charge in [0.2, 0.25) is 5.91 Å². The number of nitrogens with zero attached hydrogens (tertiary/aromatic N) is 4. The number of rotatable bonds is 15. The first-order valence-electron chi connectivity index (χ1n) is 13.8. The van der Waals surface area contributed by atoms with Gasteiger partial charge in [-0.15, -0.1) is 5.10 Å². The molecule has 3 N–H and O–H groups in total. The molecule has 39 heavy (non-hydrogen) atoms. The third-order valence-electron chi connectivity index (χ3n) is 6.54. The van der Waals surface area contributed by atoms with Crippen molar-refractivity contribution in [1.29, 1.82) is 0 Å². The van der Waals surface area contributed by atoms with Gasteiger partial charge in [0.05, 0.1) is 0 Å². The first kappa shape index (κ1) is 30.1. The maximum absolute atomic E-state index is 13.1. The Bertz CT molecular complexity index is 1150. The van der Waals surface area contributed by atoms with Crippen molar-refractivity contribution in [3.8, 4) is 22.5 Å². The van der Waals surface area contributed by atoms with Crippen molar-refractivity contribution in [3.05, 3.63) is 54.1 Å². The molecule has 0 bridgehead atoms. The molecule has 1 aromatic heterocycles. The summed E-state index contributed by atoms with van der Waals surface area (Å²) in [5.74, 6) is 1.39. The molecule has 1 heterocycles. The number of thiol groups is 1. The highest BCUT2D eigenvalue weighted by atomic mass is 32.1. The lowest BCUT2D eigenvalue weighted by Crippen LogP contribution is -2.44. The minimum absolute atomic E-state index is 0.00743. The maximum Gasteiger partial charge on any atom is 0.317 e. The molecule has 9 nitrogen and oxygen atoms in total. The predicted molar refractivity (Wildman–Crippen MR) is 158 cm³/mol. The number of aromatic amines is 1. The summed E-state index contributed by atoms with van der Waals surface area (Å²) in [5, 5.41) is 20.3. The van der Waals surface area contributed by atoms with Crippen LogP contribution < -0.4 is 10.6 Å². The van der Waals surface area contributed by atoms with E-state index in [1.165, 1.54) is 0 Å². The van der Waals surface area contributed by atoms with Crippen LogP contribution >= 0.6 is 12.6 Å². The normalized spacial score (nSPS) is 11.8. The Morgan fingerprint density at radius 1 is 1.00 bits per heavy atom. The lowest BCUT2D eigenvalue weighted by molar-refractivity contribution is -0.124. The number of tetrazole rings is 1. The summed E-state index contributed by atoms with van der Waals surface area (Å²) in [6, 6.07) is 16.0. The Morgan fingerprint density at radius 2 is 1.74 bits per heavy atom. The summed E-state index contributed by atoms with van der Waals surface area (Å²) in [7, 11) is 0. The maximum atomic E-state index is 13.1. The second kappa shape index (κ2) is 15.9. The topological polar surface area (TPSA) is 116 Å². The molecule has 0 fully saturated rings. The van der Waals surface area contributed by atoms with E-state index in [0.717, 1.165) is 47.9 Å². The first-order valence-corrected chi connectivity index (χ1v) is 14.4. The minimum Gasteiger partial charge on any atom is -0.354 e. The van der Waals surface area contributed by atoms with Crippen molar-refractivity contribution in [3.63, 3.8) is 0 Å². The van der Waals surface area contributed by atoms with Gasteiger partial charge in [-0.25, -0.2) is 9.89 Å². The van der Waals surface area contributed by atoms with Crippen molar-refractivity contribution >= 4 is 24.6 Å². The standard InChI is InChI=1S/C29H41N7O2S/c1-4-5-8-15-31-29(38)36(17-16-30-28(37)24(20-39)18-21(2)3)19-22-11-13-23(14-12-22)25-9-6-7-10-26(25)27-32-34-35-33-27/h6-7,9-14,21,24,39H,4-5,8,15-20H2,1-3H3,(H,30,37)(H,31,38)(H,32,33,34,35). The zero-order valence-corrected chi connectivity index (χ0v) is 24.1. The van der Waals surface area contributed by atoms with Crippen LogP contribution in [0.25, 0.3) is 22.5 Å². The Balaban J connectivity index is 1.68. The lowest BCUT2D eigenvalue weighted by atomic mass is 9.98. The Hall–Kier alpha value is -3.40. The molecule has 3 rings (SSSR count). The first-order chi connectivity index (χ1) is 18.9. The number of nitrogens with one attached hydrogen (secondary N) is 3. The van der Waals surface area contributed by atoms with E-state index in [4.69, 9.17) is 0 Å². The average Bonchev–Trinajstić information content (AvgIpc) is 3.48. The summed E-state index contributed by atoms with van der Waals surface area (Å²) >= 11 is 4.36. The molecule has 0 radical (unpaired) electrons.